The van der Waals surface area contributed by atoms with Crippen molar-refractivity contribution < 1.29 is 13.2 Å². The molecule has 1 amide bonds. The predicted octanol–water partition coefficient (Wildman–Crippen LogP) is 2.68. The zero-order chi connectivity index (χ0) is 19.3. The SMILES string of the molecule is CCn1cc(-c2ccc(C(=O)NCCS(=O)(=O)CC(C)C)cc2)c(C)n1. The molecule has 0 atom stereocenters. The van der Waals surface area contributed by atoms with Gasteiger partial charge in [0, 0.05) is 30.4 Å². The second kappa shape index (κ2) is 8.49. The van der Waals surface area contributed by atoms with Crippen LogP contribution >= 0.6 is 0 Å². The second-order valence-corrected chi connectivity index (χ2v) is 9.05. The molecule has 0 radical (unpaired) electrons. The van der Waals surface area contributed by atoms with Gasteiger partial charge >= 0.3 is 0 Å². The van der Waals surface area contributed by atoms with E-state index in [1.165, 1.54) is 0 Å². The van der Waals surface area contributed by atoms with E-state index in [0.717, 1.165) is 23.4 Å². The van der Waals surface area contributed by atoms with E-state index >= 15 is 0 Å². The van der Waals surface area contributed by atoms with Crippen LogP contribution in [-0.4, -0.2) is 42.2 Å². The summed E-state index contributed by atoms with van der Waals surface area (Å²) in [4.78, 5) is 12.2. The number of hydrogen-bond acceptors (Lipinski definition) is 4. The number of carbonyl (C=O) groups excluding carboxylic acids is 1. The van der Waals surface area contributed by atoms with Crippen LogP contribution in [0.5, 0.6) is 0 Å². The molecule has 0 saturated heterocycles. The highest BCUT2D eigenvalue weighted by molar-refractivity contribution is 7.91. The molecule has 0 spiro atoms. The number of carbonyl (C=O) groups is 1. The molecule has 1 N–H and O–H groups in total. The first-order valence-electron chi connectivity index (χ1n) is 8.85. The molecule has 0 aliphatic carbocycles. The molecule has 1 heterocycles. The zero-order valence-corrected chi connectivity index (χ0v) is 16.6. The van der Waals surface area contributed by atoms with Crippen LogP contribution in [0.25, 0.3) is 11.1 Å². The fraction of sp³-hybridized carbons (Fsp3) is 0.474. The Balaban J connectivity index is 1.97. The number of aryl methyl sites for hydroxylation is 2. The number of nitrogens with zero attached hydrogens (tertiary/aromatic N) is 2. The van der Waals surface area contributed by atoms with Gasteiger partial charge in [-0.25, -0.2) is 8.42 Å². The number of amides is 1. The maximum Gasteiger partial charge on any atom is 0.251 e. The summed E-state index contributed by atoms with van der Waals surface area (Å²) in [6, 6.07) is 7.26. The van der Waals surface area contributed by atoms with Gasteiger partial charge in [0.05, 0.1) is 17.2 Å². The summed E-state index contributed by atoms with van der Waals surface area (Å²) < 4.78 is 25.6. The molecule has 1 aromatic carbocycles. The van der Waals surface area contributed by atoms with E-state index in [4.69, 9.17) is 0 Å². The van der Waals surface area contributed by atoms with Gasteiger partial charge in [-0.15, -0.1) is 0 Å². The van der Waals surface area contributed by atoms with Crippen molar-refractivity contribution in [1.29, 1.82) is 0 Å². The quantitative estimate of drug-likeness (QED) is 0.767. The molecule has 0 aliphatic rings. The number of sulfone groups is 1. The minimum Gasteiger partial charge on any atom is -0.351 e. The van der Waals surface area contributed by atoms with Gasteiger partial charge in [-0.2, -0.15) is 5.10 Å². The maximum atomic E-state index is 12.2. The van der Waals surface area contributed by atoms with Crippen LogP contribution in [-0.2, 0) is 16.4 Å². The van der Waals surface area contributed by atoms with Gasteiger partial charge in [-0.3, -0.25) is 9.48 Å². The van der Waals surface area contributed by atoms with E-state index in [1.54, 1.807) is 12.1 Å². The number of nitrogens with one attached hydrogen (secondary N) is 1. The first kappa shape index (κ1) is 20.2. The Morgan fingerprint density at radius 1 is 1.23 bits per heavy atom. The van der Waals surface area contributed by atoms with Crippen LogP contribution in [0, 0.1) is 12.8 Å². The summed E-state index contributed by atoms with van der Waals surface area (Å²) in [6.07, 6.45) is 1.99. The molecule has 142 valence electrons. The first-order valence-corrected chi connectivity index (χ1v) is 10.7. The Morgan fingerprint density at radius 3 is 2.42 bits per heavy atom. The van der Waals surface area contributed by atoms with Crippen LogP contribution in [0.3, 0.4) is 0 Å². The van der Waals surface area contributed by atoms with Crippen LogP contribution < -0.4 is 5.32 Å². The molecule has 2 rings (SSSR count). The Kier molecular flexibility index (Phi) is 6.58. The Hall–Kier alpha value is -2.15. The van der Waals surface area contributed by atoms with E-state index in [1.807, 2.05) is 50.7 Å². The van der Waals surface area contributed by atoms with E-state index < -0.39 is 9.84 Å². The smallest absolute Gasteiger partial charge is 0.251 e. The molecule has 1 aromatic heterocycles. The molecule has 26 heavy (non-hydrogen) atoms. The molecule has 6 nitrogen and oxygen atoms in total. The Bertz CT molecular complexity index is 853. The van der Waals surface area contributed by atoms with Gasteiger partial charge in [0.2, 0.25) is 0 Å². The van der Waals surface area contributed by atoms with Crippen molar-refractivity contribution in [2.75, 3.05) is 18.1 Å². The van der Waals surface area contributed by atoms with Gasteiger partial charge in [0.15, 0.2) is 9.84 Å². The summed E-state index contributed by atoms with van der Waals surface area (Å²) in [5.74, 6) is -0.0757. The van der Waals surface area contributed by atoms with Crippen LogP contribution in [0.1, 0.15) is 36.8 Å². The molecule has 0 unspecified atom stereocenters. The van der Waals surface area contributed by atoms with Gasteiger partial charge in [-0.05, 0) is 37.5 Å². The normalized spacial score (nSPS) is 11.7. The van der Waals surface area contributed by atoms with Crippen molar-refractivity contribution in [3.63, 3.8) is 0 Å². The molecule has 0 fully saturated rings. The Morgan fingerprint density at radius 2 is 1.88 bits per heavy atom. The van der Waals surface area contributed by atoms with Crippen LogP contribution in [0.2, 0.25) is 0 Å². The number of rotatable bonds is 8. The lowest BCUT2D eigenvalue weighted by atomic mass is 10.0. The molecular weight excluding hydrogens is 350 g/mol. The van der Waals surface area contributed by atoms with Crippen LogP contribution in [0.15, 0.2) is 30.5 Å². The molecular formula is C19H27N3O3S. The molecule has 0 bridgehead atoms. The van der Waals surface area contributed by atoms with Crippen molar-refractivity contribution in [3.05, 3.63) is 41.7 Å². The fourth-order valence-electron chi connectivity index (χ4n) is 2.78. The zero-order valence-electron chi connectivity index (χ0n) is 15.8. The topological polar surface area (TPSA) is 81.1 Å². The van der Waals surface area contributed by atoms with Crippen LogP contribution in [0.4, 0.5) is 0 Å². The van der Waals surface area contributed by atoms with E-state index in [2.05, 4.69) is 10.4 Å². The highest BCUT2D eigenvalue weighted by Gasteiger charge is 2.14. The molecule has 2 aromatic rings. The highest BCUT2D eigenvalue weighted by Crippen LogP contribution is 2.22. The van der Waals surface area contributed by atoms with E-state index in [-0.39, 0.29) is 29.9 Å². The van der Waals surface area contributed by atoms with Gasteiger partial charge < -0.3 is 5.32 Å². The van der Waals surface area contributed by atoms with Crippen molar-refractivity contribution in [3.8, 4) is 11.1 Å². The number of benzene rings is 1. The largest absolute Gasteiger partial charge is 0.351 e. The third kappa shape index (κ3) is 5.42. The third-order valence-electron chi connectivity index (χ3n) is 4.01. The maximum absolute atomic E-state index is 12.2. The minimum absolute atomic E-state index is 0.0373. The van der Waals surface area contributed by atoms with E-state index in [9.17, 15) is 13.2 Å². The summed E-state index contributed by atoms with van der Waals surface area (Å²) in [5.41, 5.74) is 3.49. The molecule has 0 aliphatic heterocycles. The average Bonchev–Trinajstić information content (AvgIpc) is 2.94. The average molecular weight is 378 g/mol. The lowest BCUT2D eigenvalue weighted by Gasteiger charge is -2.08. The molecule has 0 saturated carbocycles. The summed E-state index contributed by atoms with van der Waals surface area (Å²) in [7, 11) is -3.13. The van der Waals surface area contributed by atoms with Crippen molar-refractivity contribution in [2.45, 2.75) is 34.2 Å². The highest BCUT2D eigenvalue weighted by atomic mass is 32.2. The van der Waals surface area contributed by atoms with Crippen molar-refractivity contribution in [1.82, 2.24) is 15.1 Å². The second-order valence-electron chi connectivity index (χ2n) is 6.83. The summed E-state index contributed by atoms with van der Waals surface area (Å²) in [6.45, 7) is 8.65. The minimum atomic E-state index is -3.13. The number of hydrogen-bond donors (Lipinski definition) is 1. The fourth-order valence-corrected chi connectivity index (χ4v) is 4.37. The Labute approximate surface area is 155 Å². The molecule has 7 heteroatoms. The monoisotopic (exact) mass is 377 g/mol. The summed E-state index contributed by atoms with van der Waals surface area (Å²) >= 11 is 0. The standard InChI is InChI=1S/C19H27N3O3S/c1-5-22-12-18(15(4)21-22)16-6-8-17(9-7-16)19(23)20-10-11-26(24,25)13-14(2)3/h6-9,12,14H,5,10-11,13H2,1-4H3,(H,20,23). The van der Waals surface area contributed by atoms with E-state index in [0.29, 0.717) is 5.56 Å². The number of aromatic nitrogens is 2. The third-order valence-corrected chi connectivity index (χ3v) is 6.02. The first-order chi connectivity index (χ1) is 12.2. The lowest BCUT2D eigenvalue weighted by Crippen LogP contribution is -2.30. The summed E-state index contributed by atoms with van der Waals surface area (Å²) in [5, 5.41) is 7.10. The van der Waals surface area contributed by atoms with Gasteiger partial charge in [0.25, 0.3) is 5.91 Å². The van der Waals surface area contributed by atoms with Crippen molar-refractivity contribution >= 4 is 15.7 Å². The lowest BCUT2D eigenvalue weighted by molar-refractivity contribution is 0.0956. The van der Waals surface area contributed by atoms with Gasteiger partial charge in [-0.1, -0.05) is 26.0 Å². The predicted molar refractivity (Wildman–Crippen MR) is 104 cm³/mol. The van der Waals surface area contributed by atoms with Gasteiger partial charge in [0.1, 0.15) is 0 Å². The van der Waals surface area contributed by atoms with Crippen molar-refractivity contribution in [2.24, 2.45) is 5.92 Å².